The number of piperazine rings is 1. The molecule has 0 amide bonds. The molecule has 2 heterocycles. The van der Waals surface area contributed by atoms with E-state index in [1.54, 1.807) is 26.1 Å². The zero-order chi connectivity index (χ0) is 21.7. The number of carbonyl (C=O) groups excluding carboxylic acids is 1. The normalized spacial score (nSPS) is 14.7. The van der Waals surface area contributed by atoms with Gasteiger partial charge in [0.15, 0.2) is 5.78 Å². The number of hydrogen-bond acceptors (Lipinski definition) is 6. The zero-order valence-electron chi connectivity index (χ0n) is 18.0. The molecule has 0 aliphatic carbocycles. The van der Waals surface area contributed by atoms with Crippen molar-refractivity contribution in [2.75, 3.05) is 44.2 Å². The molecule has 0 radical (unpaired) electrons. The van der Waals surface area contributed by atoms with Gasteiger partial charge < -0.3 is 9.64 Å². The standard InChI is InChI=1S/C22H30N4O4/c1-17(27)18-6-8-19(9-7-18)30-15-5-4-10-25-11-13-26(14-12-25)20-16-21(28)24(3)22(29)23(20)2/h6-9,16H,4-5,10-15H2,1-3H3. The Morgan fingerprint density at radius 2 is 1.63 bits per heavy atom. The van der Waals surface area contributed by atoms with Crippen molar-refractivity contribution in [2.45, 2.75) is 19.8 Å². The zero-order valence-corrected chi connectivity index (χ0v) is 18.0. The molecular formula is C22H30N4O4. The molecule has 1 saturated heterocycles. The molecule has 2 aromatic rings. The average Bonchev–Trinajstić information content (AvgIpc) is 2.75. The second kappa shape index (κ2) is 9.75. The average molecular weight is 415 g/mol. The smallest absolute Gasteiger partial charge is 0.332 e. The summed E-state index contributed by atoms with van der Waals surface area (Å²) in [6.07, 6.45) is 1.99. The van der Waals surface area contributed by atoms with Crippen molar-refractivity contribution < 1.29 is 9.53 Å². The summed E-state index contributed by atoms with van der Waals surface area (Å²) in [6, 6.07) is 8.78. The van der Waals surface area contributed by atoms with Crippen LogP contribution in [0.1, 0.15) is 30.1 Å². The predicted octanol–water partition coefficient (Wildman–Crippen LogP) is 1.27. The van der Waals surface area contributed by atoms with E-state index in [2.05, 4.69) is 9.80 Å². The molecular weight excluding hydrogens is 384 g/mol. The number of unbranched alkanes of at least 4 members (excludes halogenated alkanes) is 1. The lowest BCUT2D eigenvalue weighted by atomic mass is 10.1. The van der Waals surface area contributed by atoms with Crippen LogP contribution in [0.2, 0.25) is 0 Å². The summed E-state index contributed by atoms with van der Waals surface area (Å²) in [5, 5.41) is 0. The highest BCUT2D eigenvalue weighted by Gasteiger charge is 2.19. The first-order valence-electron chi connectivity index (χ1n) is 10.3. The third-order valence-corrected chi connectivity index (χ3v) is 5.60. The van der Waals surface area contributed by atoms with E-state index in [0.29, 0.717) is 18.0 Å². The highest BCUT2D eigenvalue weighted by molar-refractivity contribution is 5.94. The largest absolute Gasteiger partial charge is 0.494 e. The van der Waals surface area contributed by atoms with Gasteiger partial charge in [-0.2, -0.15) is 0 Å². The fourth-order valence-electron chi connectivity index (χ4n) is 3.64. The molecule has 30 heavy (non-hydrogen) atoms. The van der Waals surface area contributed by atoms with E-state index in [1.807, 2.05) is 12.1 Å². The van der Waals surface area contributed by atoms with Crippen molar-refractivity contribution in [3.8, 4) is 5.75 Å². The molecule has 8 heteroatoms. The molecule has 8 nitrogen and oxygen atoms in total. The summed E-state index contributed by atoms with van der Waals surface area (Å²) in [5.74, 6) is 1.53. The molecule has 0 spiro atoms. The highest BCUT2D eigenvalue weighted by Crippen LogP contribution is 2.14. The minimum atomic E-state index is -0.295. The van der Waals surface area contributed by atoms with Gasteiger partial charge >= 0.3 is 5.69 Å². The molecule has 162 valence electrons. The quantitative estimate of drug-likeness (QED) is 0.478. The van der Waals surface area contributed by atoms with Gasteiger partial charge in [-0.15, -0.1) is 0 Å². The summed E-state index contributed by atoms with van der Waals surface area (Å²) in [4.78, 5) is 39.9. The topological polar surface area (TPSA) is 76.8 Å². The molecule has 0 unspecified atom stereocenters. The number of anilines is 1. The second-order valence-corrected chi connectivity index (χ2v) is 7.71. The maximum Gasteiger partial charge on any atom is 0.332 e. The van der Waals surface area contributed by atoms with E-state index in [4.69, 9.17) is 4.74 Å². The van der Waals surface area contributed by atoms with Crippen LogP contribution in [0, 0.1) is 0 Å². The summed E-state index contributed by atoms with van der Waals surface area (Å²) in [7, 11) is 3.20. The number of carbonyl (C=O) groups is 1. The lowest BCUT2D eigenvalue weighted by molar-refractivity contribution is 0.101. The first-order valence-corrected chi connectivity index (χ1v) is 10.3. The maximum absolute atomic E-state index is 12.1. The molecule has 1 aromatic carbocycles. The molecule has 0 N–H and O–H groups in total. The molecule has 1 fully saturated rings. The Labute approximate surface area is 176 Å². The number of ether oxygens (including phenoxy) is 1. The van der Waals surface area contributed by atoms with Crippen LogP contribution < -0.4 is 20.9 Å². The number of nitrogens with zero attached hydrogens (tertiary/aromatic N) is 4. The van der Waals surface area contributed by atoms with Crippen LogP contribution in [0.25, 0.3) is 0 Å². The van der Waals surface area contributed by atoms with Gasteiger partial charge in [0, 0.05) is 51.9 Å². The molecule has 0 saturated carbocycles. The molecule has 0 bridgehead atoms. The first-order chi connectivity index (χ1) is 14.4. The van der Waals surface area contributed by atoms with Crippen LogP contribution in [-0.4, -0.2) is 59.1 Å². The molecule has 1 aliphatic rings. The van der Waals surface area contributed by atoms with E-state index in [-0.39, 0.29) is 17.0 Å². The number of rotatable bonds is 8. The number of ketones is 1. The fraction of sp³-hybridized carbons (Fsp3) is 0.500. The Morgan fingerprint density at radius 3 is 2.27 bits per heavy atom. The van der Waals surface area contributed by atoms with Gasteiger partial charge in [0.1, 0.15) is 11.6 Å². The Bertz CT molecular complexity index is 986. The minimum Gasteiger partial charge on any atom is -0.494 e. The van der Waals surface area contributed by atoms with Crippen LogP contribution in [0.3, 0.4) is 0 Å². The Hall–Kier alpha value is -2.87. The van der Waals surface area contributed by atoms with Gasteiger partial charge in [0.05, 0.1) is 6.61 Å². The van der Waals surface area contributed by atoms with Crippen molar-refractivity contribution in [1.82, 2.24) is 14.0 Å². The van der Waals surface area contributed by atoms with Gasteiger partial charge in [-0.25, -0.2) is 4.79 Å². The predicted molar refractivity (Wildman–Crippen MR) is 117 cm³/mol. The van der Waals surface area contributed by atoms with Gasteiger partial charge in [-0.1, -0.05) is 0 Å². The maximum atomic E-state index is 12.1. The van der Waals surface area contributed by atoms with Crippen LogP contribution in [0.4, 0.5) is 5.82 Å². The van der Waals surface area contributed by atoms with Crippen molar-refractivity contribution in [2.24, 2.45) is 14.1 Å². The highest BCUT2D eigenvalue weighted by atomic mass is 16.5. The van der Waals surface area contributed by atoms with Crippen molar-refractivity contribution in [3.63, 3.8) is 0 Å². The molecule has 0 atom stereocenters. The summed E-state index contributed by atoms with van der Waals surface area (Å²) >= 11 is 0. The van der Waals surface area contributed by atoms with Crippen molar-refractivity contribution >= 4 is 11.6 Å². The lowest BCUT2D eigenvalue weighted by Gasteiger charge is -2.36. The van der Waals surface area contributed by atoms with Crippen molar-refractivity contribution in [3.05, 3.63) is 56.7 Å². The van der Waals surface area contributed by atoms with E-state index in [1.165, 1.54) is 17.7 Å². The number of benzene rings is 1. The summed E-state index contributed by atoms with van der Waals surface area (Å²) in [5.41, 5.74) is 0.125. The second-order valence-electron chi connectivity index (χ2n) is 7.71. The number of aromatic nitrogens is 2. The van der Waals surface area contributed by atoms with Crippen LogP contribution >= 0.6 is 0 Å². The van der Waals surface area contributed by atoms with Crippen LogP contribution in [0.5, 0.6) is 5.75 Å². The third-order valence-electron chi connectivity index (χ3n) is 5.60. The molecule has 1 aliphatic heterocycles. The van der Waals surface area contributed by atoms with Crippen LogP contribution in [0.15, 0.2) is 39.9 Å². The summed E-state index contributed by atoms with van der Waals surface area (Å²) in [6.45, 7) is 6.58. The SMILES string of the molecule is CC(=O)c1ccc(OCCCCN2CCN(c3cc(=O)n(C)c(=O)n3C)CC2)cc1. The van der Waals surface area contributed by atoms with Gasteiger partial charge in [0.25, 0.3) is 5.56 Å². The monoisotopic (exact) mass is 414 g/mol. The number of Topliss-reactive ketones (excluding diaryl/α,β-unsaturated/α-hetero) is 1. The number of hydrogen-bond donors (Lipinski definition) is 0. The van der Waals surface area contributed by atoms with E-state index in [0.717, 1.165) is 55.9 Å². The fourth-order valence-corrected chi connectivity index (χ4v) is 3.64. The first kappa shape index (κ1) is 21.8. The Kier molecular flexibility index (Phi) is 7.10. The lowest BCUT2D eigenvalue weighted by Crippen LogP contribution is -2.49. The minimum absolute atomic E-state index is 0.0543. The van der Waals surface area contributed by atoms with Crippen LogP contribution in [-0.2, 0) is 14.1 Å². The summed E-state index contributed by atoms with van der Waals surface area (Å²) < 4.78 is 8.41. The molecule has 3 rings (SSSR count). The Balaban J connectivity index is 1.39. The van der Waals surface area contributed by atoms with Gasteiger partial charge in [-0.05, 0) is 50.6 Å². The van der Waals surface area contributed by atoms with E-state index < -0.39 is 0 Å². The third kappa shape index (κ3) is 5.18. The van der Waals surface area contributed by atoms with E-state index in [9.17, 15) is 14.4 Å². The Morgan fingerprint density at radius 1 is 0.967 bits per heavy atom. The van der Waals surface area contributed by atoms with Gasteiger partial charge in [0.2, 0.25) is 0 Å². The van der Waals surface area contributed by atoms with Gasteiger partial charge in [-0.3, -0.25) is 23.6 Å². The molecule has 1 aromatic heterocycles. The van der Waals surface area contributed by atoms with Crippen molar-refractivity contribution in [1.29, 1.82) is 0 Å². The van der Waals surface area contributed by atoms with E-state index >= 15 is 0 Å².